The van der Waals surface area contributed by atoms with E-state index >= 15 is 0 Å². The number of rotatable bonds is 22. The molecule has 11 aromatic rings. The van der Waals surface area contributed by atoms with E-state index in [0.29, 0.717) is 95.0 Å². The summed E-state index contributed by atoms with van der Waals surface area (Å²) in [6.45, 7) is 8.05. The van der Waals surface area contributed by atoms with Gasteiger partial charge < -0.3 is 48.9 Å². The van der Waals surface area contributed by atoms with Gasteiger partial charge in [0.2, 0.25) is 0 Å². The van der Waals surface area contributed by atoms with Crippen LogP contribution >= 0.6 is 46.4 Å². The van der Waals surface area contributed by atoms with E-state index in [1.807, 2.05) is 24.3 Å². The van der Waals surface area contributed by atoms with Gasteiger partial charge in [-0.15, -0.1) is 51.1 Å². The fraction of sp³-hybridized carbons (Fsp3) is 0.300. The first-order valence-corrected chi connectivity index (χ1v) is 36.8. The molecule has 24 nitrogen and oxygen atoms in total. The fourth-order valence-corrected chi connectivity index (χ4v) is 13.9. The van der Waals surface area contributed by atoms with Gasteiger partial charge in [0.25, 0.3) is 16.7 Å². The van der Waals surface area contributed by atoms with Gasteiger partial charge in [0, 0.05) is 118 Å². The number of carbonyl (C=O) groups excluding carboxylic acids is 2. The molecular formula is C80H78Cl4F9LiN8O16. The molecule has 0 amide bonds. The Hall–Kier alpha value is -10.5. The maximum atomic E-state index is 13.8. The molecule has 0 unspecified atom stereocenters. The van der Waals surface area contributed by atoms with Crippen LogP contribution in [-0.2, 0) is 85.2 Å². The molecule has 118 heavy (non-hydrogen) atoms. The first-order chi connectivity index (χ1) is 54.2. The van der Waals surface area contributed by atoms with E-state index < -0.39 is 76.3 Å². The summed E-state index contributed by atoms with van der Waals surface area (Å²) in [5, 5.41) is 11.0. The van der Waals surface area contributed by atoms with Gasteiger partial charge in [-0.3, -0.25) is 51.4 Å². The van der Waals surface area contributed by atoms with E-state index in [1.165, 1.54) is 96.2 Å². The molecule has 1 aliphatic carbocycles. The predicted molar refractivity (Wildman–Crippen MR) is 424 cm³/mol. The maximum Gasteiger partial charge on any atom is 1.00 e. The van der Waals surface area contributed by atoms with Crippen LogP contribution in [0.2, 0.25) is 15.1 Å². The van der Waals surface area contributed by atoms with Crippen molar-refractivity contribution in [2.45, 2.75) is 118 Å². The van der Waals surface area contributed by atoms with Crippen molar-refractivity contribution in [3.8, 4) is 39.8 Å². The van der Waals surface area contributed by atoms with Crippen molar-refractivity contribution in [2.24, 2.45) is 21.1 Å². The first-order valence-electron chi connectivity index (χ1n) is 35.1. The number of aryl methyl sites for hydroxylation is 4. The van der Waals surface area contributed by atoms with E-state index in [4.69, 9.17) is 55.9 Å². The van der Waals surface area contributed by atoms with E-state index in [-0.39, 0.29) is 118 Å². The molecule has 0 bridgehead atoms. The van der Waals surface area contributed by atoms with Gasteiger partial charge >= 0.3 is 67.0 Å². The van der Waals surface area contributed by atoms with Crippen molar-refractivity contribution in [3.63, 3.8) is 0 Å². The molecule has 0 spiro atoms. The minimum absolute atomic E-state index is 0. The Morgan fingerprint density at radius 3 is 1.13 bits per heavy atom. The Bertz CT molecular complexity index is 5860. The topological polar surface area (TPSA) is 304 Å². The summed E-state index contributed by atoms with van der Waals surface area (Å²) in [7, 11) is 4.60. The molecule has 0 fully saturated rings. The zero-order valence-electron chi connectivity index (χ0n) is 64.7. The number of fused-ring (bicyclic) bond motifs is 3. The average Bonchev–Trinajstić information content (AvgIpc) is 1.67. The molecule has 0 atom stereocenters. The van der Waals surface area contributed by atoms with Crippen molar-refractivity contribution in [3.05, 3.63) is 268 Å². The number of hydrogen-bond donors (Lipinski definition) is 1. The van der Waals surface area contributed by atoms with Crippen LogP contribution < -0.4 is 66.8 Å². The largest absolute Gasteiger partial charge is 1.00 e. The number of aliphatic hydroxyl groups is 1. The van der Waals surface area contributed by atoms with Gasteiger partial charge in [0.1, 0.15) is 28.3 Å². The minimum atomic E-state index is -4.88. The van der Waals surface area contributed by atoms with Gasteiger partial charge in [-0.2, -0.15) is 0 Å². The number of carbonyl (C=O) groups is 2. The van der Waals surface area contributed by atoms with Crippen LogP contribution in [0.15, 0.2) is 174 Å². The molecule has 626 valence electrons. The second-order valence-electron chi connectivity index (χ2n) is 26.2. The summed E-state index contributed by atoms with van der Waals surface area (Å²) < 4.78 is 148. The van der Waals surface area contributed by atoms with Gasteiger partial charge in [0.15, 0.2) is 0 Å². The van der Waals surface area contributed by atoms with Crippen LogP contribution in [-0.4, -0.2) is 103 Å². The van der Waals surface area contributed by atoms with Crippen molar-refractivity contribution in [1.82, 2.24) is 36.5 Å². The fourth-order valence-electron chi connectivity index (χ4n) is 13.4. The summed E-state index contributed by atoms with van der Waals surface area (Å²) in [6.07, 6.45) is -13.6. The van der Waals surface area contributed by atoms with Gasteiger partial charge in [-0.05, 0) is 157 Å². The maximum absolute atomic E-state index is 13.8. The Labute approximate surface area is 698 Å². The molecule has 0 saturated heterocycles. The Kier molecular flexibility index (Phi) is 33.7. The third kappa shape index (κ3) is 23.7. The zero-order chi connectivity index (χ0) is 84.3. The molecule has 38 heteroatoms. The van der Waals surface area contributed by atoms with Crippen molar-refractivity contribution in [1.29, 1.82) is 0 Å². The predicted octanol–water partition coefficient (Wildman–Crippen LogP) is 11.5. The molecule has 12 rings (SSSR count). The number of allylic oxidation sites excluding steroid dienone is 2. The van der Waals surface area contributed by atoms with Crippen LogP contribution in [0.5, 0.6) is 17.2 Å². The molecule has 5 aromatic heterocycles. The molecular weight excluding hydrogens is 1650 g/mol. The van der Waals surface area contributed by atoms with Crippen molar-refractivity contribution < 1.29 is 108 Å². The molecule has 5 heterocycles. The van der Waals surface area contributed by atoms with E-state index in [1.54, 1.807) is 104 Å². The van der Waals surface area contributed by atoms with Gasteiger partial charge in [-0.1, -0.05) is 108 Å². The number of aromatic nitrogens is 8. The molecule has 6 aromatic carbocycles. The molecule has 0 aliphatic heterocycles. The number of benzene rings is 6. The van der Waals surface area contributed by atoms with Crippen LogP contribution in [0.1, 0.15) is 84.7 Å². The number of aliphatic hydroxyl groups excluding tert-OH is 1. The molecule has 4 N–H and O–H groups in total. The monoisotopic (exact) mass is 1720 g/mol. The van der Waals surface area contributed by atoms with Crippen molar-refractivity contribution in [2.75, 3.05) is 19.8 Å². The van der Waals surface area contributed by atoms with Gasteiger partial charge in [-0.25, -0.2) is 14.4 Å². The van der Waals surface area contributed by atoms with E-state index in [9.17, 15) is 83.0 Å². The Balaban J connectivity index is 0.000000258. The number of alkyl halides is 10. The summed E-state index contributed by atoms with van der Waals surface area (Å²) in [4.78, 5) is 101. The third-order valence-corrected chi connectivity index (χ3v) is 19.3. The molecule has 0 saturated carbocycles. The number of ether oxygens (including phenoxy) is 5. The van der Waals surface area contributed by atoms with E-state index in [0.717, 1.165) is 35.4 Å². The molecule has 1 aliphatic rings. The first kappa shape index (κ1) is 96.4. The minimum Gasteiger partial charge on any atom is -0.870 e. The summed E-state index contributed by atoms with van der Waals surface area (Å²) in [5.41, 5.74) is 5.99. The van der Waals surface area contributed by atoms with Crippen LogP contribution in [0, 0.1) is 13.8 Å². The smallest absolute Gasteiger partial charge is 0.870 e. The van der Waals surface area contributed by atoms with Crippen molar-refractivity contribution >= 4 is 91.6 Å². The quantitative estimate of drug-likeness (QED) is 0.0217. The standard InChI is InChI=1S/C27H25ClF3N3O5.C25H23ClF3N3O4.C21H21F3N2O5.C7H6Cl2.Li.2H2O/c1-16-22(19-6-4-7-21(14-19)39-27(29,30)31)34(15-18-8-10-20(28)11-9-18)24-23(16)32(3)26(37)33(25(24)36)12-5-13-38-17(2)35;1-15-20(17-5-3-6-19(13-17)36-25(27,28)29)32(14-16-7-9-18(26)10-8-16)22-21(15)30(2)24(35)31(23(22)34)11-4-12-33;1-12-16(14-6-4-7-15(10-14)31-21(22,23)24)11-17-18(12)25(3)20(29)26(19(17)28)8-5-9-30-13(2)27;8-5-6-1-3-7(9)4-2-6;;;/h4,6-11,14H,5,12-13,15H2,1-3H3;3,5-10,13,33H,4,11-12,14H2,1-2H3;4,6-7,10H,5,8-9,11H2,1-3H3;1-4H,5H2;;2*1H2/q;;;;+1;;/p-1. The number of hydrogen-bond acceptors (Lipinski definition) is 15. The second kappa shape index (κ2) is 41.3. The second-order valence-corrected chi connectivity index (χ2v) is 27.8. The molecule has 0 radical (unpaired) electrons. The number of nitrogens with zero attached hydrogens (tertiary/aromatic N) is 8. The number of halogens is 13. The van der Waals surface area contributed by atoms with Crippen LogP contribution in [0.4, 0.5) is 39.5 Å². The summed E-state index contributed by atoms with van der Waals surface area (Å²) in [5.74, 6) is -1.55. The van der Waals surface area contributed by atoms with E-state index in [2.05, 4.69) is 14.2 Å². The Morgan fingerprint density at radius 2 is 0.780 bits per heavy atom. The Morgan fingerprint density at radius 1 is 0.449 bits per heavy atom. The number of esters is 2. The summed E-state index contributed by atoms with van der Waals surface area (Å²) >= 11 is 23.2. The SMILES string of the molecule is CC(=O)OCCCn1c(=O)c2c(c(C)c(-c3cccc(OC(F)(F)F)c3)n2Cc2ccc(Cl)cc2)n(C)c1=O.CC(=O)OCCCn1c(=O)c2c(n(C)c1=O)C(C)=C(c1cccc(OC(F)(F)F)c1)C2.Cc1c(-c2cccc(OC(F)(F)F)c2)n(Cc2ccc(Cl)cc2)c2c(=O)n(CCCO)c(=O)n(C)c12.ClCc1ccc(Cl)cc1.O.[Li+].[OH-]. The third-order valence-electron chi connectivity index (χ3n) is 18.2. The van der Waals surface area contributed by atoms with Crippen LogP contribution in [0.25, 0.3) is 55.7 Å². The summed E-state index contributed by atoms with van der Waals surface area (Å²) in [6, 6.07) is 37.8. The normalized spacial score (nSPS) is 11.7. The zero-order valence-corrected chi connectivity index (χ0v) is 67.8. The van der Waals surface area contributed by atoms with Crippen LogP contribution in [0.3, 0.4) is 0 Å². The average molecular weight is 1730 g/mol. The van der Waals surface area contributed by atoms with Gasteiger partial charge in [0.05, 0.1) is 41.3 Å².